The molecule has 0 fully saturated rings. The molecule has 4 rings (SSSR count). The number of allylic oxidation sites excluding steroid dienone is 1. The van der Waals surface area contributed by atoms with Gasteiger partial charge in [0.1, 0.15) is 17.2 Å². The van der Waals surface area contributed by atoms with E-state index in [1.807, 2.05) is 37.4 Å². The number of hydrogen-bond acceptors (Lipinski definition) is 4. The van der Waals surface area contributed by atoms with Gasteiger partial charge in [-0.2, -0.15) is 0 Å². The van der Waals surface area contributed by atoms with Crippen molar-refractivity contribution in [2.24, 2.45) is 0 Å². The average molecular weight is 363 g/mol. The molecule has 0 radical (unpaired) electrons. The van der Waals surface area contributed by atoms with Crippen molar-refractivity contribution in [3.63, 3.8) is 0 Å². The summed E-state index contributed by atoms with van der Waals surface area (Å²) < 4.78 is 18.8. The van der Waals surface area contributed by atoms with Crippen molar-refractivity contribution in [1.29, 1.82) is 0 Å². The van der Waals surface area contributed by atoms with Crippen LogP contribution in [0.3, 0.4) is 0 Å². The highest BCUT2D eigenvalue weighted by molar-refractivity contribution is 6.15. The van der Waals surface area contributed by atoms with Crippen LogP contribution in [0, 0.1) is 6.92 Å². The molecule has 2 aromatic carbocycles. The van der Waals surface area contributed by atoms with Gasteiger partial charge in [0.25, 0.3) is 0 Å². The van der Waals surface area contributed by atoms with Crippen LogP contribution >= 0.6 is 0 Å². The van der Waals surface area contributed by atoms with E-state index in [4.69, 9.17) is 14.2 Å². The van der Waals surface area contributed by atoms with Crippen LogP contribution in [0.1, 0.15) is 28.4 Å². The van der Waals surface area contributed by atoms with Gasteiger partial charge in [-0.1, -0.05) is 0 Å². The van der Waals surface area contributed by atoms with E-state index in [2.05, 4.69) is 11.5 Å². The molecule has 0 saturated heterocycles. The smallest absolute Gasteiger partial charge is 0.231 e. The van der Waals surface area contributed by atoms with Crippen LogP contribution in [-0.2, 0) is 6.54 Å². The van der Waals surface area contributed by atoms with E-state index in [1.54, 1.807) is 26.4 Å². The van der Waals surface area contributed by atoms with E-state index in [9.17, 15) is 4.79 Å². The first kappa shape index (κ1) is 17.2. The number of aryl methyl sites for hydroxylation is 1. The van der Waals surface area contributed by atoms with Gasteiger partial charge in [-0.3, -0.25) is 4.79 Å². The first-order valence-corrected chi connectivity index (χ1v) is 8.86. The Balaban J connectivity index is 1.83. The van der Waals surface area contributed by atoms with Crippen molar-refractivity contribution in [1.82, 2.24) is 4.57 Å². The summed E-state index contributed by atoms with van der Waals surface area (Å²) in [7, 11) is 3.25. The Morgan fingerprint density at radius 1 is 1.15 bits per heavy atom. The van der Waals surface area contributed by atoms with Crippen LogP contribution in [0.4, 0.5) is 0 Å². The summed E-state index contributed by atoms with van der Waals surface area (Å²) in [5.41, 5.74) is 3.40. The number of methoxy groups -OCH3 is 2. The predicted molar refractivity (Wildman–Crippen MR) is 105 cm³/mol. The summed E-state index contributed by atoms with van der Waals surface area (Å²) in [5, 5.41) is 1.02. The fourth-order valence-electron chi connectivity index (χ4n) is 3.54. The number of hydrogen-bond donors (Lipinski definition) is 0. The minimum Gasteiger partial charge on any atom is -0.497 e. The van der Waals surface area contributed by atoms with Gasteiger partial charge in [0.05, 0.1) is 19.8 Å². The normalized spacial score (nSPS) is 14.5. The molecule has 0 aliphatic carbocycles. The SMILES string of the molecule is CCn1cc(/C=C2\Oc3c(ccc(OC)c3C)C2=O)c2cc(OC)ccc21. The number of ketones is 1. The van der Waals surface area contributed by atoms with E-state index in [0.29, 0.717) is 22.8 Å². The molecule has 0 spiro atoms. The van der Waals surface area contributed by atoms with Gasteiger partial charge in [0.15, 0.2) is 5.76 Å². The quantitative estimate of drug-likeness (QED) is 0.636. The monoisotopic (exact) mass is 363 g/mol. The number of carbonyl (C=O) groups is 1. The largest absolute Gasteiger partial charge is 0.497 e. The standard InChI is InChI=1S/C22H21NO4/c1-5-23-12-14(17-11-15(25-3)6-8-18(17)23)10-20-21(24)16-7-9-19(26-4)13(2)22(16)27-20/h6-12H,5H2,1-4H3/b20-10-. The molecule has 138 valence electrons. The Morgan fingerprint density at radius 2 is 1.96 bits per heavy atom. The lowest BCUT2D eigenvalue weighted by Crippen LogP contribution is -1.97. The zero-order chi connectivity index (χ0) is 19.1. The van der Waals surface area contributed by atoms with Crippen molar-refractivity contribution in [2.45, 2.75) is 20.4 Å². The summed E-state index contributed by atoms with van der Waals surface area (Å²) in [6.45, 7) is 4.81. The number of fused-ring (bicyclic) bond motifs is 2. The highest BCUT2D eigenvalue weighted by Crippen LogP contribution is 2.39. The molecule has 5 nitrogen and oxygen atoms in total. The highest BCUT2D eigenvalue weighted by Gasteiger charge is 2.30. The molecule has 0 amide bonds. The molecule has 0 N–H and O–H groups in total. The van der Waals surface area contributed by atoms with Crippen LogP contribution in [0.2, 0.25) is 0 Å². The topological polar surface area (TPSA) is 49.7 Å². The van der Waals surface area contributed by atoms with Crippen molar-refractivity contribution in [3.05, 3.63) is 59.0 Å². The lowest BCUT2D eigenvalue weighted by molar-refractivity contribution is 0.101. The molecule has 0 bridgehead atoms. The fraction of sp³-hybridized carbons (Fsp3) is 0.227. The third kappa shape index (κ3) is 2.67. The maximum Gasteiger partial charge on any atom is 0.231 e. The van der Waals surface area contributed by atoms with Gasteiger partial charge in [0.2, 0.25) is 5.78 Å². The second-order valence-corrected chi connectivity index (χ2v) is 6.46. The van der Waals surface area contributed by atoms with E-state index in [0.717, 1.165) is 34.3 Å². The van der Waals surface area contributed by atoms with E-state index in [1.165, 1.54) is 0 Å². The number of benzene rings is 2. The van der Waals surface area contributed by atoms with Crippen molar-refractivity contribution in [2.75, 3.05) is 14.2 Å². The second-order valence-electron chi connectivity index (χ2n) is 6.46. The maximum absolute atomic E-state index is 12.8. The highest BCUT2D eigenvalue weighted by atomic mass is 16.5. The Bertz CT molecular complexity index is 1090. The molecule has 0 saturated carbocycles. The van der Waals surface area contributed by atoms with E-state index < -0.39 is 0 Å². The lowest BCUT2D eigenvalue weighted by atomic mass is 10.1. The van der Waals surface area contributed by atoms with Gasteiger partial charge in [-0.15, -0.1) is 0 Å². The van der Waals surface area contributed by atoms with E-state index >= 15 is 0 Å². The summed E-state index contributed by atoms with van der Waals surface area (Å²) in [4.78, 5) is 12.8. The van der Waals surface area contributed by atoms with Crippen LogP contribution in [-0.4, -0.2) is 24.6 Å². The third-order valence-corrected chi connectivity index (χ3v) is 5.00. The van der Waals surface area contributed by atoms with Crippen LogP contribution in [0.5, 0.6) is 17.2 Å². The van der Waals surface area contributed by atoms with Crippen molar-refractivity contribution in [3.8, 4) is 17.2 Å². The Labute approximate surface area is 157 Å². The number of rotatable bonds is 4. The molecule has 0 unspecified atom stereocenters. The van der Waals surface area contributed by atoms with Crippen molar-refractivity contribution >= 4 is 22.8 Å². The predicted octanol–water partition coefficient (Wildman–Crippen LogP) is 4.60. The fourth-order valence-corrected chi connectivity index (χ4v) is 3.54. The minimum absolute atomic E-state index is 0.115. The first-order valence-electron chi connectivity index (χ1n) is 8.86. The number of carbonyl (C=O) groups excluding carboxylic acids is 1. The number of ether oxygens (including phenoxy) is 3. The summed E-state index contributed by atoms with van der Waals surface area (Å²) in [6, 6.07) is 9.50. The molecule has 1 aliphatic heterocycles. The van der Waals surface area contributed by atoms with Gasteiger partial charge in [-0.25, -0.2) is 0 Å². The molecule has 0 atom stereocenters. The number of nitrogens with zero attached hydrogens (tertiary/aromatic N) is 1. The van der Waals surface area contributed by atoms with Crippen LogP contribution in [0.15, 0.2) is 42.3 Å². The lowest BCUT2D eigenvalue weighted by Gasteiger charge is -2.07. The van der Waals surface area contributed by atoms with Crippen molar-refractivity contribution < 1.29 is 19.0 Å². The molecule has 3 aromatic rings. The van der Waals surface area contributed by atoms with Crippen LogP contribution in [0.25, 0.3) is 17.0 Å². The zero-order valence-corrected chi connectivity index (χ0v) is 15.8. The van der Waals surface area contributed by atoms with Gasteiger partial charge in [0, 0.05) is 34.8 Å². The first-order chi connectivity index (χ1) is 13.1. The van der Waals surface area contributed by atoms with Crippen LogP contribution < -0.4 is 14.2 Å². The molecule has 1 aliphatic rings. The maximum atomic E-state index is 12.8. The molecular weight excluding hydrogens is 342 g/mol. The molecule has 1 aromatic heterocycles. The van der Waals surface area contributed by atoms with E-state index in [-0.39, 0.29) is 5.78 Å². The summed E-state index contributed by atoms with van der Waals surface area (Å²) >= 11 is 0. The molecule has 27 heavy (non-hydrogen) atoms. The second kappa shape index (κ2) is 6.50. The number of Topliss-reactive ketones (excluding diaryl/α,β-unsaturated/α-hetero) is 1. The number of aromatic nitrogens is 1. The Morgan fingerprint density at radius 3 is 2.67 bits per heavy atom. The summed E-state index contributed by atoms with van der Waals surface area (Å²) in [6.07, 6.45) is 3.84. The minimum atomic E-state index is -0.115. The molecule has 2 heterocycles. The molecular formula is C22H21NO4. The van der Waals surface area contributed by atoms with Gasteiger partial charge in [-0.05, 0) is 50.3 Å². The zero-order valence-electron chi connectivity index (χ0n) is 15.8. The molecule has 5 heteroatoms. The Hall–Kier alpha value is -3.21. The average Bonchev–Trinajstić information content (AvgIpc) is 3.20. The Kier molecular flexibility index (Phi) is 4.15. The van der Waals surface area contributed by atoms with Gasteiger partial charge >= 0.3 is 0 Å². The third-order valence-electron chi connectivity index (χ3n) is 5.00. The summed E-state index contributed by atoms with van der Waals surface area (Å²) in [5.74, 6) is 2.26. The van der Waals surface area contributed by atoms with Gasteiger partial charge < -0.3 is 18.8 Å².